The van der Waals surface area contributed by atoms with Crippen LogP contribution >= 0.6 is 0 Å². The fourth-order valence-electron chi connectivity index (χ4n) is 3.35. The van der Waals surface area contributed by atoms with Gasteiger partial charge in [0.15, 0.2) is 6.23 Å². The summed E-state index contributed by atoms with van der Waals surface area (Å²) in [5.74, 6) is 0.0181. The van der Waals surface area contributed by atoms with Gasteiger partial charge in [-0.25, -0.2) is 4.79 Å². The van der Waals surface area contributed by atoms with Crippen LogP contribution < -0.4 is 5.69 Å². The van der Waals surface area contributed by atoms with Crippen LogP contribution in [0.25, 0.3) is 0 Å². The van der Waals surface area contributed by atoms with Crippen molar-refractivity contribution in [2.75, 3.05) is 14.2 Å². The highest BCUT2D eigenvalue weighted by molar-refractivity contribution is 5.12. The highest BCUT2D eigenvalue weighted by atomic mass is 16.6. The molecule has 2 heterocycles. The van der Waals surface area contributed by atoms with Gasteiger partial charge in [0.2, 0.25) is 0 Å². The third-order valence-corrected chi connectivity index (χ3v) is 4.83. The van der Waals surface area contributed by atoms with E-state index in [9.17, 15) is 4.79 Å². The summed E-state index contributed by atoms with van der Waals surface area (Å²) < 4.78 is 19.1. The Bertz CT molecular complexity index is 642. The van der Waals surface area contributed by atoms with Crippen molar-refractivity contribution in [2.24, 2.45) is 5.92 Å². The number of hydrogen-bond donors (Lipinski definition) is 0. The first-order valence-corrected chi connectivity index (χ1v) is 7.72. The molecule has 23 heavy (non-hydrogen) atoms. The number of aryl methyl sites for hydroxylation is 2. The molecule has 0 radical (unpaired) electrons. The van der Waals surface area contributed by atoms with Gasteiger partial charge in [-0.3, -0.25) is 4.57 Å². The summed E-state index contributed by atoms with van der Waals surface area (Å²) in [6.45, 7) is 11.5. The first-order chi connectivity index (χ1) is 10.8. The first-order valence-electron chi connectivity index (χ1n) is 7.72. The molecule has 1 aliphatic rings. The lowest BCUT2D eigenvalue weighted by Crippen LogP contribution is -2.46. The Hall–Kier alpha value is -1.50. The summed E-state index contributed by atoms with van der Waals surface area (Å²) in [7, 11) is 3.22. The zero-order valence-electron chi connectivity index (χ0n) is 14.7. The molecule has 0 amide bonds. The number of nitrogens with zero attached hydrogens (tertiary/aromatic N) is 2. The molecule has 2 rings (SSSR count). The molecule has 5 unspecified atom stereocenters. The van der Waals surface area contributed by atoms with Crippen molar-refractivity contribution in [1.82, 2.24) is 9.55 Å². The minimum atomic E-state index is -0.654. The zero-order valence-corrected chi connectivity index (χ0v) is 14.7. The van der Waals surface area contributed by atoms with Crippen LogP contribution in [-0.2, 0) is 14.2 Å². The van der Waals surface area contributed by atoms with Crippen LogP contribution in [0.5, 0.6) is 0 Å². The molecule has 6 heteroatoms. The molecule has 0 aliphatic carbocycles. The van der Waals surface area contributed by atoms with E-state index in [1.165, 1.54) is 4.57 Å². The molecule has 1 aliphatic heterocycles. The molecular weight excluding hydrogens is 296 g/mol. The van der Waals surface area contributed by atoms with Crippen molar-refractivity contribution in [3.8, 4) is 0 Å². The van der Waals surface area contributed by atoms with Crippen LogP contribution in [0.2, 0.25) is 0 Å². The van der Waals surface area contributed by atoms with E-state index < -0.39 is 17.9 Å². The van der Waals surface area contributed by atoms with E-state index in [1.807, 2.05) is 32.9 Å². The monoisotopic (exact) mass is 322 g/mol. The van der Waals surface area contributed by atoms with Crippen LogP contribution in [0.3, 0.4) is 0 Å². The molecule has 6 nitrogen and oxygen atoms in total. The quantitative estimate of drug-likeness (QED) is 0.776. The molecule has 1 aromatic heterocycles. The summed E-state index contributed by atoms with van der Waals surface area (Å²) in [5.41, 5.74) is 0.458. The van der Waals surface area contributed by atoms with Gasteiger partial charge < -0.3 is 14.2 Å². The normalized spacial score (nSPS) is 32.0. The second-order valence-corrected chi connectivity index (χ2v) is 6.26. The SMILES string of the molecule is C=CC(C)C1(C)OC(n2c(C)cc(C)nc2=O)C(OC)C1OC. The van der Waals surface area contributed by atoms with Gasteiger partial charge in [0.1, 0.15) is 17.8 Å². The predicted molar refractivity (Wildman–Crippen MR) is 87.5 cm³/mol. The molecule has 128 valence electrons. The maximum Gasteiger partial charge on any atom is 0.350 e. The minimum Gasteiger partial charge on any atom is -0.376 e. The zero-order chi connectivity index (χ0) is 17.4. The maximum absolute atomic E-state index is 12.4. The van der Waals surface area contributed by atoms with Crippen molar-refractivity contribution in [3.63, 3.8) is 0 Å². The Labute approximate surface area is 137 Å². The molecule has 5 atom stereocenters. The molecule has 0 bridgehead atoms. The van der Waals surface area contributed by atoms with E-state index >= 15 is 0 Å². The van der Waals surface area contributed by atoms with E-state index in [1.54, 1.807) is 21.1 Å². The molecule has 0 N–H and O–H groups in total. The average Bonchev–Trinajstić information content (AvgIpc) is 2.78. The summed E-state index contributed by atoms with van der Waals surface area (Å²) in [6, 6.07) is 1.85. The smallest absolute Gasteiger partial charge is 0.350 e. The third kappa shape index (κ3) is 2.86. The standard InChI is InChI=1S/C17H26N2O4/c1-8-10(2)17(5)14(22-7)13(21-6)15(23-17)19-12(4)9-11(3)18-16(19)20/h8-10,13-15H,1H2,2-7H3. The van der Waals surface area contributed by atoms with E-state index in [0.717, 1.165) is 5.69 Å². The molecule has 0 saturated carbocycles. The second-order valence-electron chi connectivity index (χ2n) is 6.26. The fraction of sp³-hybridized carbons (Fsp3) is 0.647. The van der Waals surface area contributed by atoms with Gasteiger partial charge in [0.05, 0.1) is 0 Å². The molecular formula is C17H26N2O4. The van der Waals surface area contributed by atoms with Gasteiger partial charge in [-0.2, -0.15) is 4.98 Å². The highest BCUT2D eigenvalue weighted by Gasteiger charge is 2.56. The Kier molecular flexibility index (Phi) is 5.08. The summed E-state index contributed by atoms with van der Waals surface area (Å²) in [5, 5.41) is 0. The number of rotatable bonds is 5. The lowest BCUT2D eigenvalue weighted by Gasteiger charge is -2.34. The van der Waals surface area contributed by atoms with Gasteiger partial charge in [-0.15, -0.1) is 6.58 Å². The maximum atomic E-state index is 12.4. The molecule has 0 aromatic carbocycles. The van der Waals surface area contributed by atoms with E-state index in [-0.39, 0.29) is 17.7 Å². The summed E-state index contributed by atoms with van der Waals surface area (Å²) in [6.07, 6.45) is 0.466. The lowest BCUT2D eigenvalue weighted by molar-refractivity contribution is -0.119. The topological polar surface area (TPSA) is 62.6 Å². The van der Waals surface area contributed by atoms with Crippen LogP contribution in [0.1, 0.15) is 31.5 Å². The van der Waals surface area contributed by atoms with Crippen molar-refractivity contribution in [3.05, 3.63) is 40.6 Å². The molecule has 1 fully saturated rings. The van der Waals surface area contributed by atoms with Gasteiger partial charge >= 0.3 is 5.69 Å². The van der Waals surface area contributed by atoms with Gasteiger partial charge in [-0.05, 0) is 26.8 Å². The minimum absolute atomic E-state index is 0.0181. The van der Waals surface area contributed by atoms with Gasteiger partial charge in [0, 0.05) is 31.5 Å². The van der Waals surface area contributed by atoms with Crippen LogP contribution in [0, 0.1) is 19.8 Å². The largest absolute Gasteiger partial charge is 0.376 e. The summed E-state index contributed by atoms with van der Waals surface area (Å²) in [4.78, 5) is 16.4. The first kappa shape index (κ1) is 17.8. The molecule has 1 aromatic rings. The van der Waals surface area contributed by atoms with Crippen LogP contribution in [0.15, 0.2) is 23.5 Å². The van der Waals surface area contributed by atoms with Gasteiger partial charge in [0.25, 0.3) is 0 Å². The van der Waals surface area contributed by atoms with Crippen molar-refractivity contribution >= 4 is 0 Å². The van der Waals surface area contributed by atoms with Crippen molar-refractivity contribution in [1.29, 1.82) is 0 Å². The third-order valence-electron chi connectivity index (χ3n) is 4.83. The number of ether oxygens (including phenoxy) is 3. The summed E-state index contributed by atoms with van der Waals surface area (Å²) >= 11 is 0. The van der Waals surface area contributed by atoms with Crippen LogP contribution in [0.4, 0.5) is 0 Å². The Balaban J connectivity index is 2.56. The van der Waals surface area contributed by atoms with Crippen molar-refractivity contribution < 1.29 is 14.2 Å². The van der Waals surface area contributed by atoms with E-state index in [4.69, 9.17) is 14.2 Å². The predicted octanol–water partition coefficient (Wildman–Crippen LogP) is 2.00. The lowest BCUT2D eigenvalue weighted by atomic mass is 9.85. The average molecular weight is 322 g/mol. The molecule has 1 saturated heterocycles. The Morgan fingerprint density at radius 3 is 2.57 bits per heavy atom. The molecule has 0 spiro atoms. The highest BCUT2D eigenvalue weighted by Crippen LogP contribution is 2.44. The number of methoxy groups -OCH3 is 2. The number of hydrogen-bond acceptors (Lipinski definition) is 5. The van der Waals surface area contributed by atoms with E-state index in [0.29, 0.717) is 5.69 Å². The van der Waals surface area contributed by atoms with E-state index in [2.05, 4.69) is 11.6 Å². The van der Waals surface area contributed by atoms with Crippen molar-refractivity contribution in [2.45, 2.75) is 51.7 Å². The number of aromatic nitrogens is 2. The fourth-order valence-corrected chi connectivity index (χ4v) is 3.35. The Morgan fingerprint density at radius 2 is 2.09 bits per heavy atom. The second kappa shape index (κ2) is 6.55. The van der Waals surface area contributed by atoms with Crippen LogP contribution in [-0.4, -0.2) is 41.6 Å². The van der Waals surface area contributed by atoms with Gasteiger partial charge in [-0.1, -0.05) is 13.0 Å². The Morgan fingerprint density at radius 1 is 1.43 bits per heavy atom.